The van der Waals surface area contributed by atoms with Gasteiger partial charge in [-0.1, -0.05) is 23.2 Å². The number of nitrogens with zero attached hydrogens (tertiary/aromatic N) is 1. The van der Waals surface area contributed by atoms with E-state index < -0.39 is 18.5 Å². The van der Waals surface area contributed by atoms with E-state index in [2.05, 4.69) is 5.32 Å². The molecule has 0 aliphatic heterocycles. The fourth-order valence-electron chi connectivity index (χ4n) is 2.04. The van der Waals surface area contributed by atoms with E-state index in [9.17, 15) is 14.4 Å². The molecule has 0 radical (unpaired) electrons. The van der Waals surface area contributed by atoms with Crippen LogP contribution < -0.4 is 5.32 Å². The van der Waals surface area contributed by atoms with Crippen molar-refractivity contribution in [3.63, 3.8) is 0 Å². The van der Waals surface area contributed by atoms with Gasteiger partial charge < -0.3 is 15.0 Å². The van der Waals surface area contributed by atoms with Gasteiger partial charge in [-0.2, -0.15) is 0 Å². The lowest BCUT2D eigenvalue weighted by Gasteiger charge is -2.11. The van der Waals surface area contributed by atoms with Crippen LogP contribution in [0.5, 0.6) is 0 Å². The number of benzene rings is 2. The Bertz CT molecular complexity index is 815. The number of ether oxygens (including phenoxy) is 1. The van der Waals surface area contributed by atoms with Gasteiger partial charge in [-0.25, -0.2) is 4.79 Å². The third-order valence-electron chi connectivity index (χ3n) is 3.25. The Hall–Kier alpha value is -2.57. The van der Waals surface area contributed by atoms with Crippen molar-refractivity contribution in [1.29, 1.82) is 0 Å². The van der Waals surface area contributed by atoms with Gasteiger partial charge in [-0.15, -0.1) is 0 Å². The summed E-state index contributed by atoms with van der Waals surface area (Å²) >= 11 is 11.6. The smallest absolute Gasteiger partial charge is 0.338 e. The molecule has 0 saturated heterocycles. The van der Waals surface area contributed by atoms with Crippen LogP contribution in [0.1, 0.15) is 20.7 Å². The van der Waals surface area contributed by atoms with Gasteiger partial charge in [-0.3, -0.25) is 9.59 Å². The average Bonchev–Trinajstić information content (AvgIpc) is 2.58. The zero-order valence-corrected chi connectivity index (χ0v) is 15.6. The third kappa shape index (κ3) is 5.47. The van der Waals surface area contributed by atoms with Crippen LogP contribution >= 0.6 is 23.2 Å². The van der Waals surface area contributed by atoms with Gasteiger partial charge in [0.25, 0.3) is 11.8 Å². The minimum Gasteiger partial charge on any atom is -0.452 e. The molecule has 8 heteroatoms. The Labute approximate surface area is 160 Å². The molecule has 0 atom stereocenters. The number of esters is 1. The Morgan fingerprint density at radius 1 is 0.962 bits per heavy atom. The number of halogens is 2. The predicted octanol–water partition coefficient (Wildman–Crippen LogP) is 3.49. The summed E-state index contributed by atoms with van der Waals surface area (Å²) in [5.41, 5.74) is 1.13. The molecule has 0 fully saturated rings. The highest BCUT2D eigenvalue weighted by Gasteiger charge is 2.13. The normalized spacial score (nSPS) is 10.2. The first-order valence-electron chi connectivity index (χ1n) is 7.51. The fraction of sp³-hybridized carbons (Fsp3) is 0.167. The second kappa shape index (κ2) is 8.69. The summed E-state index contributed by atoms with van der Waals surface area (Å²) in [4.78, 5) is 37.1. The molecular weight excluding hydrogens is 379 g/mol. The monoisotopic (exact) mass is 394 g/mol. The molecule has 0 spiro atoms. The molecule has 136 valence electrons. The molecule has 1 N–H and O–H groups in total. The highest BCUT2D eigenvalue weighted by Crippen LogP contribution is 2.19. The lowest BCUT2D eigenvalue weighted by molar-refractivity contribution is -0.119. The van der Waals surface area contributed by atoms with Gasteiger partial charge in [0.05, 0.1) is 5.56 Å². The van der Waals surface area contributed by atoms with Gasteiger partial charge in [-0.05, 0) is 42.5 Å². The van der Waals surface area contributed by atoms with Crippen molar-refractivity contribution in [3.05, 3.63) is 63.6 Å². The molecule has 0 saturated carbocycles. The summed E-state index contributed by atoms with van der Waals surface area (Å²) in [5.74, 6) is -1.37. The lowest BCUT2D eigenvalue weighted by Crippen LogP contribution is -2.22. The summed E-state index contributed by atoms with van der Waals surface area (Å²) in [6.07, 6.45) is 0. The van der Waals surface area contributed by atoms with E-state index in [1.807, 2.05) is 0 Å². The number of amides is 2. The van der Waals surface area contributed by atoms with Crippen molar-refractivity contribution in [1.82, 2.24) is 4.90 Å². The maximum atomic E-state index is 11.9. The molecule has 2 aromatic rings. The highest BCUT2D eigenvalue weighted by atomic mass is 35.5. The number of rotatable bonds is 5. The maximum absolute atomic E-state index is 11.9. The van der Waals surface area contributed by atoms with E-state index in [0.29, 0.717) is 21.3 Å². The lowest BCUT2D eigenvalue weighted by atomic mass is 10.2. The summed E-state index contributed by atoms with van der Waals surface area (Å²) in [6, 6.07) is 10.6. The number of carbonyl (C=O) groups excluding carboxylic acids is 3. The quantitative estimate of drug-likeness (QED) is 0.787. The number of nitrogens with one attached hydrogen (secondary N) is 1. The molecule has 0 bridgehead atoms. The molecule has 0 unspecified atom stereocenters. The Morgan fingerprint density at radius 3 is 2.08 bits per heavy atom. The standard InChI is InChI=1S/C18H16Cl2N2O4/c1-22(2)17(24)11-3-5-15(6-4-11)21-16(23)10-26-18(25)12-7-13(19)9-14(20)8-12/h3-9H,10H2,1-2H3,(H,21,23). The van der Waals surface area contributed by atoms with Gasteiger partial charge in [0.1, 0.15) is 0 Å². The predicted molar refractivity (Wildman–Crippen MR) is 99.8 cm³/mol. The summed E-state index contributed by atoms with van der Waals surface area (Å²) in [5, 5.41) is 3.16. The van der Waals surface area contributed by atoms with Crippen molar-refractivity contribution in [2.45, 2.75) is 0 Å². The van der Waals surface area contributed by atoms with Crippen LogP contribution in [0.15, 0.2) is 42.5 Å². The van der Waals surface area contributed by atoms with Crippen LogP contribution in [-0.2, 0) is 9.53 Å². The number of hydrogen-bond acceptors (Lipinski definition) is 4. The first-order valence-corrected chi connectivity index (χ1v) is 8.26. The molecule has 0 aliphatic carbocycles. The van der Waals surface area contributed by atoms with Crippen molar-refractivity contribution >= 4 is 46.7 Å². The van der Waals surface area contributed by atoms with Crippen molar-refractivity contribution in [2.75, 3.05) is 26.0 Å². The second-order valence-corrected chi connectivity index (χ2v) is 6.43. The summed E-state index contributed by atoms with van der Waals surface area (Å²) in [7, 11) is 3.30. The minimum atomic E-state index is -0.712. The van der Waals surface area contributed by atoms with E-state index in [4.69, 9.17) is 27.9 Å². The molecule has 6 nitrogen and oxygen atoms in total. The highest BCUT2D eigenvalue weighted by molar-refractivity contribution is 6.35. The summed E-state index contributed by atoms with van der Waals surface area (Å²) < 4.78 is 4.94. The molecule has 2 aromatic carbocycles. The molecular formula is C18H16Cl2N2O4. The molecule has 2 amide bonds. The van der Waals surface area contributed by atoms with Crippen molar-refractivity contribution in [3.8, 4) is 0 Å². The fourth-order valence-corrected chi connectivity index (χ4v) is 2.56. The summed E-state index contributed by atoms with van der Waals surface area (Å²) in [6.45, 7) is -0.471. The van der Waals surface area contributed by atoms with Gasteiger partial charge in [0.2, 0.25) is 0 Å². The first kappa shape index (κ1) is 19.8. The molecule has 2 rings (SSSR count). The second-order valence-electron chi connectivity index (χ2n) is 5.56. The van der Waals surface area contributed by atoms with E-state index in [1.165, 1.54) is 23.1 Å². The zero-order valence-electron chi connectivity index (χ0n) is 14.1. The number of carbonyl (C=O) groups is 3. The van der Waals surface area contributed by atoms with Crippen LogP contribution in [-0.4, -0.2) is 43.4 Å². The van der Waals surface area contributed by atoms with E-state index in [1.54, 1.807) is 38.4 Å². The Balaban J connectivity index is 1.90. The number of hydrogen-bond donors (Lipinski definition) is 1. The van der Waals surface area contributed by atoms with Gasteiger partial charge in [0, 0.05) is 35.4 Å². The van der Waals surface area contributed by atoms with Crippen LogP contribution in [0.3, 0.4) is 0 Å². The molecule has 0 aliphatic rings. The van der Waals surface area contributed by atoms with Crippen LogP contribution in [0.2, 0.25) is 10.0 Å². The van der Waals surface area contributed by atoms with Crippen molar-refractivity contribution < 1.29 is 19.1 Å². The van der Waals surface area contributed by atoms with E-state index in [0.717, 1.165) is 0 Å². The van der Waals surface area contributed by atoms with E-state index >= 15 is 0 Å². The molecule has 0 aromatic heterocycles. The molecule has 26 heavy (non-hydrogen) atoms. The first-order chi connectivity index (χ1) is 12.3. The van der Waals surface area contributed by atoms with Crippen molar-refractivity contribution in [2.24, 2.45) is 0 Å². The Morgan fingerprint density at radius 2 is 1.54 bits per heavy atom. The Kier molecular flexibility index (Phi) is 6.60. The van der Waals surface area contributed by atoms with Crippen LogP contribution in [0.25, 0.3) is 0 Å². The van der Waals surface area contributed by atoms with Crippen LogP contribution in [0.4, 0.5) is 5.69 Å². The van der Waals surface area contributed by atoms with Crippen LogP contribution in [0, 0.1) is 0 Å². The number of anilines is 1. The van der Waals surface area contributed by atoms with Gasteiger partial charge in [0.15, 0.2) is 6.61 Å². The maximum Gasteiger partial charge on any atom is 0.338 e. The SMILES string of the molecule is CN(C)C(=O)c1ccc(NC(=O)COC(=O)c2cc(Cl)cc(Cl)c2)cc1. The average molecular weight is 395 g/mol. The van der Waals surface area contributed by atoms with Gasteiger partial charge >= 0.3 is 5.97 Å². The largest absolute Gasteiger partial charge is 0.452 e. The molecule has 0 heterocycles. The van der Waals surface area contributed by atoms with E-state index in [-0.39, 0.29) is 11.5 Å². The topological polar surface area (TPSA) is 75.7 Å². The minimum absolute atomic E-state index is 0.142. The zero-order chi connectivity index (χ0) is 19.3. The third-order valence-corrected chi connectivity index (χ3v) is 3.69.